The fourth-order valence-corrected chi connectivity index (χ4v) is 3.09. The molecule has 0 heterocycles. The van der Waals surface area contributed by atoms with Gasteiger partial charge in [-0.05, 0) is 50.0 Å². The zero-order valence-electron chi connectivity index (χ0n) is 18.8. The summed E-state index contributed by atoms with van der Waals surface area (Å²) < 4.78 is 20.9. The van der Waals surface area contributed by atoms with E-state index in [0.29, 0.717) is 30.2 Å². The standard InChI is InChI=1S/C23H32N2O6/c1-25(2)20(16-6-9-19(28-3)10-7-16)14-24-13-18(26)15-31-21-11-8-17(23(27)30-5)12-22(21)29-4/h6-12,18,20,24,26H,13-15H2,1-5H3/t18-,20+/m0/s1. The lowest BCUT2D eigenvalue weighted by Crippen LogP contribution is -2.37. The minimum atomic E-state index is -0.719. The van der Waals surface area contributed by atoms with Gasteiger partial charge in [0.2, 0.25) is 0 Å². The second-order valence-electron chi connectivity index (χ2n) is 7.23. The van der Waals surface area contributed by atoms with Crippen LogP contribution in [0.1, 0.15) is 22.0 Å². The van der Waals surface area contributed by atoms with Crippen LogP contribution in [0.5, 0.6) is 17.2 Å². The number of aliphatic hydroxyl groups is 1. The third-order valence-corrected chi connectivity index (χ3v) is 4.86. The van der Waals surface area contributed by atoms with Gasteiger partial charge >= 0.3 is 5.97 Å². The maximum absolute atomic E-state index is 11.6. The molecule has 2 aromatic carbocycles. The van der Waals surface area contributed by atoms with E-state index in [1.165, 1.54) is 14.2 Å². The molecule has 2 N–H and O–H groups in total. The normalized spacial score (nSPS) is 12.9. The van der Waals surface area contributed by atoms with Crippen LogP contribution in [0.4, 0.5) is 0 Å². The van der Waals surface area contributed by atoms with Crippen molar-refractivity contribution in [1.82, 2.24) is 10.2 Å². The van der Waals surface area contributed by atoms with Crippen molar-refractivity contribution in [2.75, 3.05) is 55.1 Å². The molecular formula is C23H32N2O6. The molecule has 0 aliphatic heterocycles. The van der Waals surface area contributed by atoms with Gasteiger partial charge in [0.05, 0.1) is 26.9 Å². The molecule has 8 nitrogen and oxygen atoms in total. The van der Waals surface area contributed by atoms with E-state index in [2.05, 4.69) is 10.2 Å². The summed E-state index contributed by atoms with van der Waals surface area (Å²) in [7, 11) is 8.48. The molecule has 0 radical (unpaired) electrons. The van der Waals surface area contributed by atoms with Crippen LogP contribution in [0.15, 0.2) is 42.5 Å². The molecule has 0 aliphatic rings. The molecule has 0 aromatic heterocycles. The van der Waals surface area contributed by atoms with Crippen molar-refractivity contribution in [2.45, 2.75) is 12.1 Å². The highest BCUT2D eigenvalue weighted by Gasteiger charge is 2.16. The third-order valence-electron chi connectivity index (χ3n) is 4.86. The van der Waals surface area contributed by atoms with Gasteiger partial charge in [-0.15, -0.1) is 0 Å². The molecule has 8 heteroatoms. The third kappa shape index (κ3) is 7.13. The first-order valence-corrected chi connectivity index (χ1v) is 9.97. The largest absolute Gasteiger partial charge is 0.497 e. The molecular weight excluding hydrogens is 400 g/mol. The predicted molar refractivity (Wildman–Crippen MR) is 118 cm³/mol. The number of hydrogen-bond donors (Lipinski definition) is 2. The van der Waals surface area contributed by atoms with Gasteiger partial charge in [0.15, 0.2) is 11.5 Å². The van der Waals surface area contributed by atoms with Crippen molar-refractivity contribution in [3.05, 3.63) is 53.6 Å². The van der Waals surface area contributed by atoms with Crippen molar-refractivity contribution in [3.63, 3.8) is 0 Å². The zero-order valence-corrected chi connectivity index (χ0v) is 18.8. The summed E-state index contributed by atoms with van der Waals surface area (Å²) in [6, 6.07) is 12.8. The molecule has 0 bridgehead atoms. The van der Waals surface area contributed by atoms with Crippen molar-refractivity contribution in [1.29, 1.82) is 0 Å². The number of hydrogen-bond acceptors (Lipinski definition) is 8. The molecule has 2 aromatic rings. The summed E-state index contributed by atoms with van der Waals surface area (Å²) in [6.07, 6.45) is -0.719. The second kappa shape index (κ2) is 12.1. The number of likely N-dealkylation sites (N-methyl/N-ethyl adjacent to an activating group) is 1. The van der Waals surface area contributed by atoms with Crippen LogP contribution >= 0.6 is 0 Å². The Kier molecular flexibility index (Phi) is 9.58. The maximum atomic E-state index is 11.6. The molecule has 2 rings (SSSR count). The van der Waals surface area contributed by atoms with Gasteiger partial charge in [-0.2, -0.15) is 0 Å². The lowest BCUT2D eigenvalue weighted by atomic mass is 10.1. The van der Waals surface area contributed by atoms with E-state index in [1.54, 1.807) is 25.3 Å². The second-order valence-corrected chi connectivity index (χ2v) is 7.23. The molecule has 31 heavy (non-hydrogen) atoms. The van der Waals surface area contributed by atoms with E-state index >= 15 is 0 Å². The molecule has 170 valence electrons. The molecule has 0 unspecified atom stereocenters. The van der Waals surface area contributed by atoms with Crippen molar-refractivity contribution < 1.29 is 28.8 Å². The van der Waals surface area contributed by atoms with Crippen molar-refractivity contribution in [2.24, 2.45) is 0 Å². The van der Waals surface area contributed by atoms with Gasteiger partial charge in [0.1, 0.15) is 18.5 Å². The van der Waals surface area contributed by atoms with E-state index in [-0.39, 0.29) is 12.6 Å². The lowest BCUT2D eigenvalue weighted by Gasteiger charge is -2.26. The van der Waals surface area contributed by atoms with Gasteiger partial charge in [0.25, 0.3) is 0 Å². The lowest BCUT2D eigenvalue weighted by molar-refractivity contribution is 0.0600. The van der Waals surface area contributed by atoms with E-state index in [0.717, 1.165) is 11.3 Å². The summed E-state index contributed by atoms with van der Waals surface area (Å²) in [5, 5.41) is 13.6. The van der Waals surface area contributed by atoms with Crippen LogP contribution in [-0.2, 0) is 4.74 Å². The van der Waals surface area contributed by atoms with E-state index in [9.17, 15) is 9.90 Å². The topological polar surface area (TPSA) is 89.5 Å². The van der Waals surface area contributed by atoms with E-state index < -0.39 is 12.1 Å². The number of benzene rings is 2. The highest BCUT2D eigenvalue weighted by Crippen LogP contribution is 2.28. The first kappa shape index (κ1) is 24.5. The molecule has 0 spiro atoms. The monoisotopic (exact) mass is 432 g/mol. The molecule has 0 saturated carbocycles. The van der Waals surface area contributed by atoms with Gasteiger partial charge in [-0.1, -0.05) is 12.1 Å². The fourth-order valence-electron chi connectivity index (χ4n) is 3.09. The molecule has 0 aliphatic carbocycles. The Morgan fingerprint density at radius 2 is 1.71 bits per heavy atom. The number of nitrogens with one attached hydrogen (secondary N) is 1. The van der Waals surface area contributed by atoms with Crippen LogP contribution in [0.2, 0.25) is 0 Å². The average Bonchev–Trinajstić information content (AvgIpc) is 2.79. The first-order valence-electron chi connectivity index (χ1n) is 9.97. The van der Waals surface area contributed by atoms with Gasteiger partial charge < -0.3 is 34.3 Å². The SMILES string of the molecule is COC(=O)c1ccc(OC[C@@H](O)CNC[C@H](c2ccc(OC)cc2)N(C)C)c(OC)c1. The van der Waals surface area contributed by atoms with E-state index in [4.69, 9.17) is 18.9 Å². The van der Waals surface area contributed by atoms with Gasteiger partial charge in [-0.3, -0.25) is 0 Å². The summed E-state index contributed by atoms with van der Waals surface area (Å²) >= 11 is 0. The van der Waals surface area contributed by atoms with Crippen LogP contribution in [0.3, 0.4) is 0 Å². The van der Waals surface area contributed by atoms with Crippen molar-refractivity contribution >= 4 is 5.97 Å². The summed E-state index contributed by atoms with van der Waals surface area (Å²) in [5.74, 6) is 1.20. The number of carbonyl (C=O) groups excluding carboxylic acids is 1. The maximum Gasteiger partial charge on any atom is 0.337 e. The highest BCUT2D eigenvalue weighted by molar-refractivity contribution is 5.90. The minimum Gasteiger partial charge on any atom is -0.497 e. The molecule has 2 atom stereocenters. The smallest absolute Gasteiger partial charge is 0.337 e. The quantitative estimate of drug-likeness (QED) is 0.493. The van der Waals surface area contributed by atoms with Crippen molar-refractivity contribution in [3.8, 4) is 17.2 Å². The Morgan fingerprint density at radius 3 is 2.29 bits per heavy atom. The Hall–Kier alpha value is -2.81. The number of rotatable bonds is 12. The molecule has 0 fully saturated rings. The highest BCUT2D eigenvalue weighted by atomic mass is 16.5. The number of aliphatic hydroxyl groups excluding tert-OH is 1. The van der Waals surface area contributed by atoms with Crippen LogP contribution in [-0.4, -0.2) is 77.2 Å². The predicted octanol–water partition coefficient (Wildman–Crippen LogP) is 2.12. The minimum absolute atomic E-state index is 0.0795. The van der Waals surface area contributed by atoms with Gasteiger partial charge in [0, 0.05) is 19.1 Å². The fraction of sp³-hybridized carbons (Fsp3) is 0.435. The molecule has 0 saturated heterocycles. The average molecular weight is 433 g/mol. The summed E-state index contributed by atoms with van der Waals surface area (Å²) in [6.45, 7) is 1.10. The Labute approximate surface area is 183 Å². The number of carbonyl (C=O) groups is 1. The number of ether oxygens (including phenoxy) is 4. The Morgan fingerprint density at radius 1 is 1.00 bits per heavy atom. The summed E-state index contributed by atoms with van der Waals surface area (Å²) in [5.41, 5.74) is 1.52. The first-order chi connectivity index (χ1) is 14.9. The Balaban J connectivity index is 1.86. The zero-order chi connectivity index (χ0) is 22.8. The van der Waals surface area contributed by atoms with E-state index in [1.807, 2.05) is 38.4 Å². The number of methoxy groups -OCH3 is 3. The summed E-state index contributed by atoms with van der Waals surface area (Å²) in [4.78, 5) is 13.8. The van der Waals surface area contributed by atoms with Crippen LogP contribution in [0.25, 0.3) is 0 Å². The van der Waals surface area contributed by atoms with Crippen LogP contribution < -0.4 is 19.5 Å². The Bertz CT molecular complexity index is 825. The number of esters is 1. The van der Waals surface area contributed by atoms with Gasteiger partial charge in [-0.25, -0.2) is 4.79 Å². The number of nitrogens with zero attached hydrogens (tertiary/aromatic N) is 1. The van der Waals surface area contributed by atoms with Crippen LogP contribution in [0, 0.1) is 0 Å². The molecule has 0 amide bonds.